The van der Waals surface area contributed by atoms with E-state index in [9.17, 15) is 24.0 Å². The molecule has 3 aromatic carbocycles. The zero-order valence-corrected chi connectivity index (χ0v) is 24.9. The summed E-state index contributed by atoms with van der Waals surface area (Å²) in [5.41, 5.74) is 4.91. The van der Waals surface area contributed by atoms with E-state index in [0.717, 1.165) is 22.3 Å². The lowest BCUT2D eigenvalue weighted by atomic mass is 9.55. The lowest BCUT2D eigenvalue weighted by molar-refractivity contribution is -0.143. The first-order valence-electron chi connectivity index (χ1n) is 15.5. The Morgan fingerprint density at radius 1 is 0.696 bits per heavy atom. The fourth-order valence-electron chi connectivity index (χ4n) is 7.24. The Morgan fingerprint density at radius 2 is 1.28 bits per heavy atom. The first kappa shape index (κ1) is 29.4. The molecule has 1 saturated heterocycles. The summed E-state index contributed by atoms with van der Waals surface area (Å²) < 4.78 is 15.4. The summed E-state index contributed by atoms with van der Waals surface area (Å²) in [7, 11) is 0. The van der Waals surface area contributed by atoms with Crippen LogP contribution in [0.25, 0.3) is 0 Å². The van der Waals surface area contributed by atoms with Crippen molar-refractivity contribution in [2.75, 3.05) is 13.2 Å². The SMILES string of the molecule is O=C(CCCCCN1C(=O)[C@@H]2C3c4ccccc4C(c4ccccc43)[C@H]2C1=O)OCC(=O)c1ccc(OC(=O)c2ccco2)cc1. The number of Topliss-reactive ketones (excluding diaryl/α,β-unsaturated/α-hetero) is 1. The molecule has 46 heavy (non-hydrogen) atoms. The molecule has 0 saturated carbocycles. The molecule has 0 N–H and O–H groups in total. The van der Waals surface area contributed by atoms with Gasteiger partial charge in [0.25, 0.3) is 0 Å². The Hall–Kier alpha value is -5.31. The fraction of sp³-hybridized carbons (Fsp3) is 0.270. The van der Waals surface area contributed by atoms with Gasteiger partial charge in [0, 0.05) is 30.4 Å². The van der Waals surface area contributed by atoms with Gasteiger partial charge in [-0.15, -0.1) is 0 Å². The van der Waals surface area contributed by atoms with Crippen molar-refractivity contribution < 1.29 is 37.9 Å². The van der Waals surface area contributed by atoms with Crippen molar-refractivity contribution in [3.8, 4) is 5.75 Å². The van der Waals surface area contributed by atoms with Gasteiger partial charge in [-0.25, -0.2) is 4.79 Å². The highest BCUT2D eigenvalue weighted by atomic mass is 16.5. The average molecular weight is 618 g/mol. The van der Waals surface area contributed by atoms with Crippen molar-refractivity contribution >= 4 is 29.5 Å². The second kappa shape index (κ2) is 12.2. The summed E-state index contributed by atoms with van der Waals surface area (Å²) in [6.45, 7) is -0.0891. The molecular formula is C37H31NO8. The van der Waals surface area contributed by atoms with E-state index in [-0.39, 0.29) is 59.2 Å². The summed E-state index contributed by atoms with van der Waals surface area (Å²) in [5.74, 6) is -2.45. The Morgan fingerprint density at radius 3 is 1.83 bits per heavy atom. The predicted molar refractivity (Wildman–Crippen MR) is 164 cm³/mol. The first-order valence-corrected chi connectivity index (χ1v) is 15.5. The van der Waals surface area contributed by atoms with Gasteiger partial charge in [-0.1, -0.05) is 55.0 Å². The number of likely N-dealkylation sites (tertiary alicyclic amines) is 1. The fourth-order valence-corrected chi connectivity index (χ4v) is 7.24. The normalized spacial score (nSPS) is 20.6. The monoisotopic (exact) mass is 617 g/mol. The van der Waals surface area contributed by atoms with E-state index < -0.39 is 18.5 Å². The number of esters is 2. The maximum absolute atomic E-state index is 13.7. The van der Waals surface area contributed by atoms with Crippen LogP contribution in [0.2, 0.25) is 0 Å². The Balaban J connectivity index is 0.869. The Bertz CT molecular complexity index is 1710. The molecule has 2 heterocycles. The molecule has 3 aliphatic carbocycles. The molecule has 2 bridgehead atoms. The molecule has 2 atom stereocenters. The van der Waals surface area contributed by atoms with E-state index in [4.69, 9.17) is 13.9 Å². The summed E-state index contributed by atoms with van der Waals surface area (Å²) in [6.07, 6.45) is 3.20. The van der Waals surface area contributed by atoms with Gasteiger partial charge < -0.3 is 13.9 Å². The summed E-state index contributed by atoms with van der Waals surface area (Å²) in [4.78, 5) is 65.6. The van der Waals surface area contributed by atoms with Gasteiger partial charge in [-0.05, 0) is 71.5 Å². The Kier molecular flexibility index (Phi) is 7.82. The third-order valence-corrected chi connectivity index (χ3v) is 9.28. The predicted octanol–water partition coefficient (Wildman–Crippen LogP) is 5.68. The summed E-state index contributed by atoms with van der Waals surface area (Å²) in [6, 6.07) is 25.3. The minimum atomic E-state index is -0.654. The quantitative estimate of drug-likeness (QED) is 0.0694. The molecule has 4 aromatic rings. The molecule has 4 aliphatic rings. The number of hydrogen-bond donors (Lipinski definition) is 0. The van der Waals surface area contributed by atoms with E-state index in [0.29, 0.717) is 31.4 Å². The van der Waals surface area contributed by atoms with Crippen LogP contribution in [0.15, 0.2) is 95.6 Å². The highest BCUT2D eigenvalue weighted by Gasteiger charge is 2.61. The number of rotatable bonds is 11. The lowest BCUT2D eigenvalue weighted by Crippen LogP contribution is -2.41. The molecule has 0 spiro atoms. The zero-order chi connectivity index (χ0) is 31.8. The number of ketones is 1. The van der Waals surface area contributed by atoms with Gasteiger partial charge in [0.1, 0.15) is 5.75 Å². The number of nitrogens with zero attached hydrogens (tertiary/aromatic N) is 1. The minimum absolute atomic E-state index is 0.0622. The molecule has 1 aromatic heterocycles. The largest absolute Gasteiger partial charge is 0.457 e. The standard InChI is InChI=1S/C37H31NO8/c39-28(22-15-17-23(18-16-22)46-37(43)29-13-8-20-44-29)21-45-30(40)14-2-1-7-19-38-35(41)33-31-24-9-3-4-10-25(24)32(34(33)36(38)42)27-12-6-5-11-26(27)31/h3-6,8-13,15-18,20,31-34H,1-2,7,14,19,21H2/t31?,32?,33-,34-/m1/s1. The van der Waals surface area contributed by atoms with Crippen LogP contribution in [-0.2, 0) is 19.1 Å². The van der Waals surface area contributed by atoms with E-state index >= 15 is 0 Å². The van der Waals surface area contributed by atoms with Crippen LogP contribution in [0.5, 0.6) is 5.75 Å². The molecule has 9 heteroatoms. The van der Waals surface area contributed by atoms with Gasteiger partial charge in [0.15, 0.2) is 12.4 Å². The van der Waals surface area contributed by atoms with Crippen molar-refractivity contribution in [3.05, 3.63) is 125 Å². The van der Waals surface area contributed by atoms with Crippen molar-refractivity contribution in [2.45, 2.75) is 37.5 Å². The molecule has 232 valence electrons. The van der Waals surface area contributed by atoms with Crippen LogP contribution in [0, 0.1) is 11.8 Å². The number of furan rings is 1. The molecule has 0 radical (unpaired) electrons. The van der Waals surface area contributed by atoms with Crippen LogP contribution >= 0.6 is 0 Å². The smallest absolute Gasteiger partial charge is 0.379 e. The number of hydrogen-bond acceptors (Lipinski definition) is 8. The van der Waals surface area contributed by atoms with Crippen molar-refractivity contribution in [1.29, 1.82) is 0 Å². The van der Waals surface area contributed by atoms with E-state index in [1.165, 1.54) is 41.5 Å². The van der Waals surface area contributed by atoms with Crippen molar-refractivity contribution in [1.82, 2.24) is 4.90 Å². The number of imide groups is 1. The maximum atomic E-state index is 13.7. The van der Waals surface area contributed by atoms with Crippen LogP contribution in [0.1, 0.15) is 80.7 Å². The summed E-state index contributed by atoms with van der Waals surface area (Å²) in [5, 5.41) is 0. The molecule has 1 fully saturated rings. The molecule has 9 nitrogen and oxygen atoms in total. The summed E-state index contributed by atoms with van der Waals surface area (Å²) >= 11 is 0. The Labute approximate surface area is 265 Å². The van der Waals surface area contributed by atoms with Crippen LogP contribution < -0.4 is 4.74 Å². The number of unbranched alkanes of at least 4 members (excludes halogenated alkanes) is 2. The second-order valence-corrected chi connectivity index (χ2v) is 11.9. The molecule has 2 amide bonds. The topological polar surface area (TPSA) is 120 Å². The van der Waals surface area contributed by atoms with E-state index in [2.05, 4.69) is 24.3 Å². The van der Waals surface area contributed by atoms with Gasteiger partial charge in [-0.2, -0.15) is 0 Å². The van der Waals surface area contributed by atoms with E-state index in [1.54, 1.807) is 6.07 Å². The third-order valence-electron chi connectivity index (χ3n) is 9.28. The second-order valence-electron chi connectivity index (χ2n) is 11.9. The molecule has 8 rings (SSSR count). The van der Waals surface area contributed by atoms with Gasteiger partial charge in [0.2, 0.25) is 17.6 Å². The van der Waals surface area contributed by atoms with Crippen LogP contribution in [0.4, 0.5) is 0 Å². The number of ether oxygens (including phenoxy) is 2. The van der Waals surface area contributed by atoms with Gasteiger partial charge in [-0.3, -0.25) is 24.1 Å². The van der Waals surface area contributed by atoms with Crippen molar-refractivity contribution in [2.24, 2.45) is 11.8 Å². The molecule has 1 aliphatic heterocycles. The first-order chi connectivity index (χ1) is 22.4. The molecule has 0 unspecified atom stereocenters. The maximum Gasteiger partial charge on any atom is 0.379 e. The average Bonchev–Trinajstić information content (AvgIpc) is 3.71. The van der Waals surface area contributed by atoms with E-state index in [1.807, 2.05) is 24.3 Å². The minimum Gasteiger partial charge on any atom is -0.457 e. The molecular weight excluding hydrogens is 586 g/mol. The lowest BCUT2D eigenvalue weighted by Gasteiger charge is -2.45. The third kappa shape index (κ3) is 5.21. The highest BCUT2D eigenvalue weighted by Crippen LogP contribution is 2.60. The van der Waals surface area contributed by atoms with Gasteiger partial charge >= 0.3 is 11.9 Å². The van der Waals surface area contributed by atoms with Crippen LogP contribution in [-0.4, -0.2) is 47.6 Å². The van der Waals surface area contributed by atoms with Gasteiger partial charge in [0.05, 0.1) is 18.1 Å². The number of amides is 2. The van der Waals surface area contributed by atoms with Crippen molar-refractivity contribution in [3.63, 3.8) is 0 Å². The number of carbonyl (C=O) groups excluding carboxylic acids is 5. The number of benzene rings is 3. The number of carbonyl (C=O) groups is 5. The highest BCUT2D eigenvalue weighted by molar-refractivity contribution is 6.07. The zero-order valence-electron chi connectivity index (χ0n) is 24.9. The van der Waals surface area contributed by atoms with Crippen LogP contribution in [0.3, 0.4) is 0 Å².